The standard InChI is InChI=1S/C27H30N4O5/c1-17(2)20(6)35-14-7-13-31-25(32)23(16-28)19(5)24(26(31)33)30-29-22-10-8-21(9-11-22)12-15-36-27(34)18(3)4/h8-11,32H,1,3,6-7,12-15H2,2,4-5H3. The van der Waals surface area contributed by atoms with Crippen molar-refractivity contribution in [3.63, 3.8) is 0 Å². The van der Waals surface area contributed by atoms with Crippen molar-refractivity contribution in [2.45, 2.75) is 40.2 Å². The number of hydrogen-bond acceptors (Lipinski definition) is 8. The van der Waals surface area contributed by atoms with Crippen molar-refractivity contribution in [3.05, 3.63) is 88.0 Å². The average molecular weight is 491 g/mol. The number of carbonyl (C=O) groups is 1. The number of allylic oxidation sites excluding steroid dienone is 1. The van der Waals surface area contributed by atoms with Crippen LogP contribution in [0.2, 0.25) is 0 Å². The van der Waals surface area contributed by atoms with E-state index < -0.39 is 17.4 Å². The lowest BCUT2D eigenvalue weighted by atomic mass is 10.1. The maximum Gasteiger partial charge on any atom is 0.333 e. The van der Waals surface area contributed by atoms with E-state index in [9.17, 15) is 20.0 Å². The molecule has 0 saturated carbocycles. The van der Waals surface area contributed by atoms with Crippen LogP contribution < -0.4 is 5.56 Å². The topological polar surface area (TPSA) is 126 Å². The fraction of sp³-hybridized carbons (Fsp3) is 0.296. The van der Waals surface area contributed by atoms with E-state index in [1.54, 1.807) is 26.0 Å². The molecule has 36 heavy (non-hydrogen) atoms. The summed E-state index contributed by atoms with van der Waals surface area (Å²) < 4.78 is 11.6. The van der Waals surface area contributed by atoms with Gasteiger partial charge in [-0.15, -0.1) is 5.11 Å². The first-order valence-electron chi connectivity index (χ1n) is 11.2. The Kier molecular flexibility index (Phi) is 9.93. The van der Waals surface area contributed by atoms with Crippen molar-refractivity contribution in [1.29, 1.82) is 5.26 Å². The third kappa shape index (κ3) is 7.27. The lowest BCUT2D eigenvalue weighted by molar-refractivity contribution is -0.138. The molecule has 1 aromatic carbocycles. The molecule has 0 fully saturated rings. The summed E-state index contributed by atoms with van der Waals surface area (Å²) in [7, 11) is 0. The second-order valence-electron chi connectivity index (χ2n) is 8.18. The molecule has 0 spiro atoms. The van der Waals surface area contributed by atoms with E-state index in [0.717, 1.165) is 10.1 Å². The van der Waals surface area contributed by atoms with Crippen LogP contribution >= 0.6 is 0 Å². The minimum absolute atomic E-state index is 0.0348. The van der Waals surface area contributed by atoms with E-state index in [2.05, 4.69) is 30.0 Å². The van der Waals surface area contributed by atoms with Gasteiger partial charge in [-0.25, -0.2) is 4.79 Å². The first kappa shape index (κ1) is 27.8. The highest BCUT2D eigenvalue weighted by Crippen LogP contribution is 2.27. The third-order valence-electron chi connectivity index (χ3n) is 5.22. The number of nitrogens with zero attached hydrogens (tertiary/aromatic N) is 4. The average Bonchev–Trinajstić information content (AvgIpc) is 2.84. The second kappa shape index (κ2) is 12.9. The van der Waals surface area contributed by atoms with Crippen molar-refractivity contribution in [2.24, 2.45) is 10.2 Å². The Bertz CT molecular complexity index is 1300. The Morgan fingerprint density at radius 2 is 1.75 bits per heavy atom. The summed E-state index contributed by atoms with van der Waals surface area (Å²) in [6, 6.07) is 8.97. The quantitative estimate of drug-likeness (QED) is 0.107. The Morgan fingerprint density at radius 1 is 1.08 bits per heavy atom. The highest BCUT2D eigenvalue weighted by atomic mass is 16.5. The number of hydrogen-bond donors (Lipinski definition) is 1. The number of ether oxygens (including phenoxy) is 2. The molecular weight excluding hydrogens is 460 g/mol. The molecule has 0 atom stereocenters. The Morgan fingerprint density at radius 3 is 2.33 bits per heavy atom. The van der Waals surface area contributed by atoms with E-state index in [1.807, 2.05) is 18.2 Å². The Labute approximate surface area is 210 Å². The van der Waals surface area contributed by atoms with Gasteiger partial charge in [-0.05, 0) is 50.5 Å². The molecule has 0 aliphatic carbocycles. The van der Waals surface area contributed by atoms with Crippen LogP contribution in [0.5, 0.6) is 5.88 Å². The van der Waals surface area contributed by atoms with Gasteiger partial charge in [0.1, 0.15) is 17.4 Å². The highest BCUT2D eigenvalue weighted by molar-refractivity contribution is 5.86. The normalized spacial score (nSPS) is 10.6. The van der Waals surface area contributed by atoms with E-state index in [1.165, 1.54) is 6.92 Å². The van der Waals surface area contributed by atoms with Crippen LogP contribution in [0.3, 0.4) is 0 Å². The molecule has 9 heteroatoms. The summed E-state index contributed by atoms with van der Waals surface area (Å²) in [5.41, 5.74) is 2.04. The fourth-order valence-corrected chi connectivity index (χ4v) is 3.03. The van der Waals surface area contributed by atoms with Crippen molar-refractivity contribution in [1.82, 2.24) is 4.57 Å². The number of nitriles is 1. The van der Waals surface area contributed by atoms with Crippen LogP contribution in [0.15, 0.2) is 75.9 Å². The minimum Gasteiger partial charge on any atom is -0.494 e. The van der Waals surface area contributed by atoms with Crippen LogP contribution in [-0.4, -0.2) is 28.9 Å². The molecule has 2 aromatic rings. The predicted octanol–water partition coefficient (Wildman–Crippen LogP) is 5.31. The van der Waals surface area contributed by atoms with Gasteiger partial charge in [0.05, 0.1) is 18.9 Å². The largest absolute Gasteiger partial charge is 0.494 e. The number of esters is 1. The summed E-state index contributed by atoms with van der Waals surface area (Å²) in [5, 5.41) is 28.2. The number of aromatic nitrogens is 1. The zero-order valence-electron chi connectivity index (χ0n) is 20.8. The SMILES string of the molecule is C=C(C)C(=C)OCCCn1c(O)c(C#N)c(C)c(N=Nc2ccc(CCOC(=O)C(=C)C)cc2)c1=O. The van der Waals surface area contributed by atoms with Gasteiger partial charge in [-0.1, -0.05) is 31.9 Å². The van der Waals surface area contributed by atoms with Crippen LogP contribution in [0.4, 0.5) is 11.4 Å². The number of azo groups is 1. The Balaban J connectivity index is 2.17. The van der Waals surface area contributed by atoms with Crippen molar-refractivity contribution in [3.8, 4) is 11.9 Å². The van der Waals surface area contributed by atoms with Crippen molar-refractivity contribution < 1.29 is 19.4 Å². The first-order chi connectivity index (χ1) is 17.1. The molecule has 2 rings (SSSR count). The third-order valence-corrected chi connectivity index (χ3v) is 5.22. The molecule has 0 aliphatic heterocycles. The fourth-order valence-electron chi connectivity index (χ4n) is 3.03. The van der Waals surface area contributed by atoms with E-state index in [0.29, 0.717) is 35.4 Å². The number of benzene rings is 1. The zero-order valence-corrected chi connectivity index (χ0v) is 20.8. The number of rotatable bonds is 12. The van der Waals surface area contributed by atoms with Gasteiger partial charge in [0.15, 0.2) is 5.69 Å². The summed E-state index contributed by atoms with van der Waals surface area (Å²) >= 11 is 0. The lowest BCUT2D eigenvalue weighted by Gasteiger charge is -2.14. The summed E-state index contributed by atoms with van der Waals surface area (Å²) in [6.07, 6.45) is 0.903. The maximum absolute atomic E-state index is 13.0. The van der Waals surface area contributed by atoms with Crippen LogP contribution in [0.1, 0.15) is 37.0 Å². The van der Waals surface area contributed by atoms with Crippen molar-refractivity contribution in [2.75, 3.05) is 13.2 Å². The Hall–Kier alpha value is -4.45. The van der Waals surface area contributed by atoms with E-state index >= 15 is 0 Å². The number of aromatic hydroxyl groups is 1. The molecule has 9 nitrogen and oxygen atoms in total. The summed E-state index contributed by atoms with van der Waals surface area (Å²) in [6.45, 7) is 16.5. The first-order valence-corrected chi connectivity index (χ1v) is 11.2. The summed E-state index contributed by atoms with van der Waals surface area (Å²) in [5.74, 6) is -0.409. The lowest BCUT2D eigenvalue weighted by Crippen LogP contribution is -2.22. The minimum atomic E-state index is -0.567. The van der Waals surface area contributed by atoms with Gasteiger partial charge in [0, 0.05) is 24.1 Å². The van der Waals surface area contributed by atoms with Crippen LogP contribution in [-0.2, 0) is 27.2 Å². The molecule has 1 N–H and O–H groups in total. The van der Waals surface area contributed by atoms with Crippen LogP contribution in [0, 0.1) is 18.3 Å². The second-order valence-corrected chi connectivity index (χ2v) is 8.18. The molecule has 0 radical (unpaired) electrons. The molecule has 0 saturated heterocycles. The number of pyridine rings is 1. The van der Waals surface area contributed by atoms with Crippen molar-refractivity contribution >= 4 is 17.3 Å². The molecule has 188 valence electrons. The molecular formula is C27H30N4O5. The van der Waals surface area contributed by atoms with Gasteiger partial charge in [-0.3, -0.25) is 9.36 Å². The molecule has 1 aromatic heterocycles. The van der Waals surface area contributed by atoms with Gasteiger partial charge < -0.3 is 14.6 Å². The van der Waals surface area contributed by atoms with Crippen LogP contribution in [0.25, 0.3) is 0 Å². The molecule has 0 unspecified atom stereocenters. The van der Waals surface area contributed by atoms with E-state index in [4.69, 9.17) is 9.47 Å². The molecule has 0 amide bonds. The highest BCUT2D eigenvalue weighted by Gasteiger charge is 2.19. The van der Waals surface area contributed by atoms with Gasteiger partial charge in [0.2, 0.25) is 5.88 Å². The predicted molar refractivity (Wildman–Crippen MR) is 136 cm³/mol. The number of carbonyl (C=O) groups excluding carboxylic acids is 1. The molecule has 0 aliphatic rings. The smallest absolute Gasteiger partial charge is 0.333 e. The van der Waals surface area contributed by atoms with E-state index in [-0.39, 0.29) is 36.6 Å². The van der Waals surface area contributed by atoms with Gasteiger partial charge in [0.25, 0.3) is 5.56 Å². The summed E-state index contributed by atoms with van der Waals surface area (Å²) in [4.78, 5) is 24.5. The molecule has 0 bridgehead atoms. The maximum atomic E-state index is 13.0. The monoisotopic (exact) mass is 490 g/mol. The molecule has 1 heterocycles. The zero-order chi connectivity index (χ0) is 26.8. The van der Waals surface area contributed by atoms with Gasteiger partial charge >= 0.3 is 5.97 Å². The van der Waals surface area contributed by atoms with Gasteiger partial charge in [-0.2, -0.15) is 10.4 Å².